The van der Waals surface area contributed by atoms with Gasteiger partial charge in [0.25, 0.3) is 0 Å². The Bertz CT molecular complexity index is 737. The monoisotopic (exact) mass is 301 g/mol. The molecule has 1 aromatic carbocycles. The van der Waals surface area contributed by atoms with Crippen LogP contribution in [0.25, 0.3) is 11.2 Å². The molecule has 0 bridgehead atoms. The SMILES string of the molecule is COCCn1c(Cc2ccc(Cl)cc2)nc2cccnc21. The van der Waals surface area contributed by atoms with Crippen LogP contribution in [0.3, 0.4) is 0 Å². The number of halogens is 1. The summed E-state index contributed by atoms with van der Waals surface area (Å²) in [5, 5.41) is 0.744. The van der Waals surface area contributed by atoms with E-state index in [1.165, 1.54) is 5.56 Å². The fourth-order valence-corrected chi connectivity index (χ4v) is 2.47. The molecule has 0 saturated heterocycles. The number of imidazole rings is 1. The first-order valence-corrected chi connectivity index (χ1v) is 7.19. The van der Waals surface area contributed by atoms with E-state index >= 15 is 0 Å². The second kappa shape index (κ2) is 6.24. The number of hydrogen-bond donors (Lipinski definition) is 0. The summed E-state index contributed by atoms with van der Waals surface area (Å²) in [5.74, 6) is 0.989. The highest BCUT2D eigenvalue weighted by Crippen LogP contribution is 2.18. The van der Waals surface area contributed by atoms with E-state index in [0.29, 0.717) is 6.61 Å². The van der Waals surface area contributed by atoms with Crippen molar-refractivity contribution in [1.29, 1.82) is 0 Å². The maximum atomic E-state index is 5.93. The number of methoxy groups -OCH3 is 1. The average molecular weight is 302 g/mol. The average Bonchev–Trinajstić information content (AvgIpc) is 2.85. The summed E-state index contributed by atoms with van der Waals surface area (Å²) < 4.78 is 7.31. The van der Waals surface area contributed by atoms with Gasteiger partial charge in [-0.05, 0) is 29.8 Å². The Labute approximate surface area is 128 Å². The molecule has 0 fully saturated rings. The third-order valence-corrected chi connectivity index (χ3v) is 3.63. The van der Waals surface area contributed by atoms with E-state index in [0.717, 1.165) is 35.0 Å². The lowest BCUT2D eigenvalue weighted by atomic mass is 10.1. The smallest absolute Gasteiger partial charge is 0.160 e. The molecule has 0 spiro atoms. The van der Waals surface area contributed by atoms with Crippen LogP contribution < -0.4 is 0 Å². The maximum absolute atomic E-state index is 5.93. The first-order chi connectivity index (χ1) is 10.3. The van der Waals surface area contributed by atoms with Crippen molar-refractivity contribution in [2.75, 3.05) is 13.7 Å². The van der Waals surface area contributed by atoms with Crippen molar-refractivity contribution in [1.82, 2.24) is 14.5 Å². The fourth-order valence-electron chi connectivity index (χ4n) is 2.34. The van der Waals surface area contributed by atoms with Gasteiger partial charge < -0.3 is 9.30 Å². The summed E-state index contributed by atoms with van der Waals surface area (Å²) in [5.41, 5.74) is 2.99. The summed E-state index contributed by atoms with van der Waals surface area (Å²) in [6.45, 7) is 1.38. The highest BCUT2D eigenvalue weighted by Gasteiger charge is 2.11. The second-order valence-corrected chi connectivity index (χ2v) is 5.26. The maximum Gasteiger partial charge on any atom is 0.160 e. The molecule has 0 N–H and O–H groups in total. The van der Waals surface area contributed by atoms with Crippen LogP contribution in [0, 0.1) is 0 Å². The van der Waals surface area contributed by atoms with E-state index in [4.69, 9.17) is 21.3 Å². The number of hydrogen-bond acceptors (Lipinski definition) is 3. The molecule has 108 valence electrons. The van der Waals surface area contributed by atoms with Crippen molar-refractivity contribution in [2.24, 2.45) is 0 Å². The summed E-state index contributed by atoms with van der Waals surface area (Å²) in [4.78, 5) is 9.13. The van der Waals surface area contributed by atoms with E-state index in [2.05, 4.69) is 9.55 Å². The Kier molecular flexibility index (Phi) is 4.18. The highest BCUT2D eigenvalue weighted by molar-refractivity contribution is 6.30. The zero-order chi connectivity index (χ0) is 14.7. The zero-order valence-electron chi connectivity index (χ0n) is 11.8. The van der Waals surface area contributed by atoms with Crippen molar-refractivity contribution in [3.8, 4) is 0 Å². The van der Waals surface area contributed by atoms with E-state index < -0.39 is 0 Å². The van der Waals surface area contributed by atoms with Crippen molar-refractivity contribution >= 4 is 22.8 Å². The molecule has 0 saturated carbocycles. The van der Waals surface area contributed by atoms with Gasteiger partial charge in [0.15, 0.2) is 5.65 Å². The Balaban J connectivity index is 1.97. The van der Waals surface area contributed by atoms with Gasteiger partial charge in [0.05, 0.1) is 6.61 Å². The summed E-state index contributed by atoms with van der Waals surface area (Å²) in [7, 11) is 1.70. The normalized spacial score (nSPS) is 11.1. The third kappa shape index (κ3) is 3.06. The molecular weight excluding hydrogens is 286 g/mol. The number of aromatic nitrogens is 3. The molecule has 0 aliphatic carbocycles. The van der Waals surface area contributed by atoms with Crippen LogP contribution in [-0.4, -0.2) is 28.3 Å². The predicted octanol–water partition coefficient (Wildman–Crippen LogP) is 3.32. The summed E-state index contributed by atoms with van der Waals surface area (Å²) in [6, 6.07) is 11.7. The van der Waals surface area contributed by atoms with Gasteiger partial charge in [-0.15, -0.1) is 0 Å². The van der Waals surface area contributed by atoms with Crippen LogP contribution >= 0.6 is 11.6 Å². The van der Waals surface area contributed by atoms with Crippen LogP contribution in [0.1, 0.15) is 11.4 Å². The molecule has 0 unspecified atom stereocenters. The minimum atomic E-state index is 0.635. The van der Waals surface area contributed by atoms with Gasteiger partial charge in [-0.25, -0.2) is 9.97 Å². The molecule has 0 atom stereocenters. The van der Waals surface area contributed by atoms with Gasteiger partial charge >= 0.3 is 0 Å². The second-order valence-electron chi connectivity index (χ2n) is 4.82. The fraction of sp³-hybridized carbons (Fsp3) is 0.250. The minimum Gasteiger partial charge on any atom is -0.383 e. The molecular formula is C16H16ClN3O. The predicted molar refractivity (Wildman–Crippen MR) is 83.7 cm³/mol. The molecule has 4 nitrogen and oxygen atoms in total. The molecule has 21 heavy (non-hydrogen) atoms. The van der Waals surface area contributed by atoms with Crippen molar-refractivity contribution < 1.29 is 4.74 Å². The lowest BCUT2D eigenvalue weighted by Crippen LogP contribution is -2.09. The van der Waals surface area contributed by atoms with Crippen LogP contribution in [0.15, 0.2) is 42.6 Å². The van der Waals surface area contributed by atoms with Crippen molar-refractivity contribution in [3.63, 3.8) is 0 Å². The Morgan fingerprint density at radius 2 is 2.00 bits per heavy atom. The van der Waals surface area contributed by atoms with Crippen LogP contribution in [0.4, 0.5) is 0 Å². The first kappa shape index (κ1) is 14.0. The lowest BCUT2D eigenvalue weighted by Gasteiger charge is -2.08. The Morgan fingerprint density at radius 3 is 2.76 bits per heavy atom. The number of ether oxygens (including phenoxy) is 1. The Hall–Kier alpha value is -1.91. The summed E-state index contributed by atoms with van der Waals surface area (Å²) >= 11 is 5.93. The van der Waals surface area contributed by atoms with Gasteiger partial charge in [0.2, 0.25) is 0 Å². The van der Waals surface area contributed by atoms with Crippen LogP contribution in [0.2, 0.25) is 5.02 Å². The van der Waals surface area contributed by atoms with Crippen LogP contribution in [0.5, 0.6) is 0 Å². The van der Waals surface area contributed by atoms with Crippen LogP contribution in [-0.2, 0) is 17.7 Å². The van der Waals surface area contributed by atoms with Gasteiger partial charge in [-0.1, -0.05) is 23.7 Å². The Morgan fingerprint density at radius 1 is 1.19 bits per heavy atom. The van der Waals surface area contributed by atoms with Gasteiger partial charge in [-0.2, -0.15) is 0 Å². The molecule has 2 heterocycles. The molecule has 3 aromatic rings. The number of pyridine rings is 1. The van der Waals surface area contributed by atoms with Crippen molar-refractivity contribution in [2.45, 2.75) is 13.0 Å². The molecule has 0 amide bonds. The highest BCUT2D eigenvalue weighted by atomic mass is 35.5. The van der Waals surface area contributed by atoms with Gasteiger partial charge in [-0.3, -0.25) is 0 Å². The molecule has 5 heteroatoms. The summed E-state index contributed by atoms with van der Waals surface area (Å²) in [6.07, 6.45) is 2.54. The quantitative estimate of drug-likeness (QED) is 0.726. The van der Waals surface area contributed by atoms with E-state index in [1.54, 1.807) is 13.3 Å². The molecule has 0 aliphatic heterocycles. The van der Waals surface area contributed by atoms with E-state index in [-0.39, 0.29) is 0 Å². The van der Waals surface area contributed by atoms with Gasteiger partial charge in [0, 0.05) is 31.3 Å². The number of benzene rings is 1. The standard InChI is InChI=1S/C16H16ClN3O/c1-21-10-9-20-15(11-12-4-6-13(17)7-5-12)19-14-3-2-8-18-16(14)20/h2-8H,9-11H2,1H3. The number of nitrogens with zero attached hydrogens (tertiary/aromatic N) is 3. The number of fused-ring (bicyclic) bond motifs is 1. The first-order valence-electron chi connectivity index (χ1n) is 6.81. The number of rotatable bonds is 5. The zero-order valence-corrected chi connectivity index (χ0v) is 12.5. The van der Waals surface area contributed by atoms with Crippen molar-refractivity contribution in [3.05, 3.63) is 59.0 Å². The van der Waals surface area contributed by atoms with E-state index in [9.17, 15) is 0 Å². The minimum absolute atomic E-state index is 0.635. The topological polar surface area (TPSA) is 39.9 Å². The lowest BCUT2D eigenvalue weighted by molar-refractivity contribution is 0.187. The third-order valence-electron chi connectivity index (χ3n) is 3.38. The van der Waals surface area contributed by atoms with E-state index in [1.807, 2.05) is 36.4 Å². The van der Waals surface area contributed by atoms with Gasteiger partial charge in [0.1, 0.15) is 11.3 Å². The molecule has 0 aliphatic rings. The molecule has 2 aromatic heterocycles. The molecule has 3 rings (SSSR count). The molecule has 0 radical (unpaired) electrons. The largest absolute Gasteiger partial charge is 0.383 e.